The summed E-state index contributed by atoms with van der Waals surface area (Å²) in [5.74, 6) is 0. The molecule has 0 heterocycles. The Kier molecular flexibility index (Phi) is 4.70. The molecular formula is C8H21N3O. The first-order valence-electron chi connectivity index (χ1n) is 4.14. The molecule has 0 aromatic rings. The molecule has 0 amide bonds. The van der Waals surface area contributed by atoms with Gasteiger partial charge in [0.05, 0.1) is 11.6 Å². The van der Waals surface area contributed by atoms with Gasteiger partial charge in [0.15, 0.2) is 0 Å². The van der Waals surface area contributed by atoms with Crippen molar-refractivity contribution in [2.24, 2.45) is 5.73 Å². The number of rotatable bonds is 5. The minimum atomic E-state index is -0.196. The Morgan fingerprint density at radius 2 is 2.08 bits per heavy atom. The van der Waals surface area contributed by atoms with Gasteiger partial charge in [0.1, 0.15) is 0 Å². The van der Waals surface area contributed by atoms with Gasteiger partial charge in [-0.25, -0.2) is 10.4 Å². The monoisotopic (exact) mass is 175 g/mol. The molecule has 0 aliphatic carbocycles. The van der Waals surface area contributed by atoms with Crippen molar-refractivity contribution in [2.45, 2.75) is 25.5 Å². The fourth-order valence-electron chi connectivity index (χ4n) is 1.07. The summed E-state index contributed by atoms with van der Waals surface area (Å²) in [6.45, 7) is 4.59. The van der Waals surface area contributed by atoms with Crippen LogP contribution in [-0.2, 0) is 4.74 Å². The van der Waals surface area contributed by atoms with Crippen LogP contribution in [0.1, 0.15) is 13.8 Å². The summed E-state index contributed by atoms with van der Waals surface area (Å²) in [6.07, 6.45) is 0.0879. The van der Waals surface area contributed by atoms with E-state index >= 15 is 0 Å². The van der Waals surface area contributed by atoms with Crippen molar-refractivity contribution in [2.75, 3.05) is 27.7 Å². The van der Waals surface area contributed by atoms with Gasteiger partial charge in [-0.3, -0.25) is 0 Å². The zero-order valence-corrected chi connectivity index (χ0v) is 8.72. The van der Waals surface area contributed by atoms with Crippen LogP contribution in [-0.4, -0.2) is 44.4 Å². The number of hydrogen-bond acceptors (Lipinski definition) is 4. The summed E-state index contributed by atoms with van der Waals surface area (Å²) < 4.78 is 5.24. The second kappa shape index (κ2) is 4.77. The Bertz CT molecular complexity index is 129. The van der Waals surface area contributed by atoms with E-state index in [0.717, 1.165) is 0 Å². The number of ether oxygens (including phenoxy) is 1. The largest absolute Gasteiger partial charge is 0.380 e. The average Bonchev–Trinajstić information content (AvgIpc) is 2.01. The maximum Gasteiger partial charge on any atom is 0.0747 e. The van der Waals surface area contributed by atoms with Crippen molar-refractivity contribution in [1.82, 2.24) is 10.4 Å². The van der Waals surface area contributed by atoms with Crippen LogP contribution in [0, 0.1) is 0 Å². The maximum atomic E-state index is 5.66. The highest BCUT2D eigenvalue weighted by Crippen LogP contribution is 2.10. The number of methoxy groups -OCH3 is 1. The van der Waals surface area contributed by atoms with E-state index in [1.807, 2.05) is 33.0 Å². The van der Waals surface area contributed by atoms with Crippen molar-refractivity contribution >= 4 is 0 Å². The second-order valence-corrected chi connectivity index (χ2v) is 3.51. The SMILES string of the molecule is COC(C)C(C)(CN)NN(C)C. The Morgan fingerprint density at radius 3 is 2.33 bits per heavy atom. The zero-order valence-electron chi connectivity index (χ0n) is 8.72. The van der Waals surface area contributed by atoms with Crippen molar-refractivity contribution in [1.29, 1.82) is 0 Å². The molecule has 74 valence electrons. The summed E-state index contributed by atoms with van der Waals surface area (Å²) in [7, 11) is 5.57. The van der Waals surface area contributed by atoms with Crippen LogP contribution in [0.15, 0.2) is 0 Å². The predicted molar refractivity (Wildman–Crippen MR) is 50.8 cm³/mol. The van der Waals surface area contributed by atoms with Crippen LogP contribution in [0.3, 0.4) is 0 Å². The van der Waals surface area contributed by atoms with Gasteiger partial charge < -0.3 is 10.5 Å². The molecule has 0 rings (SSSR count). The summed E-state index contributed by atoms with van der Waals surface area (Å²) in [4.78, 5) is 0. The van der Waals surface area contributed by atoms with Crippen LogP contribution in [0.25, 0.3) is 0 Å². The highest BCUT2D eigenvalue weighted by atomic mass is 16.5. The Labute approximate surface area is 75.0 Å². The standard InChI is InChI=1S/C8H21N3O/c1-7(12-5)8(2,6-9)10-11(3)4/h7,10H,6,9H2,1-5H3. The number of hydrogen-bond donors (Lipinski definition) is 2. The van der Waals surface area contributed by atoms with Crippen LogP contribution >= 0.6 is 0 Å². The molecular weight excluding hydrogens is 154 g/mol. The molecule has 0 aliphatic rings. The molecule has 0 aromatic heterocycles. The summed E-state index contributed by atoms with van der Waals surface area (Å²) in [5, 5.41) is 1.89. The van der Waals surface area contributed by atoms with Gasteiger partial charge in [0.25, 0.3) is 0 Å². The van der Waals surface area contributed by atoms with Crippen molar-refractivity contribution in [3.63, 3.8) is 0 Å². The van der Waals surface area contributed by atoms with E-state index in [-0.39, 0.29) is 11.6 Å². The third-order valence-electron chi connectivity index (χ3n) is 2.15. The molecule has 4 heteroatoms. The number of hydrazine groups is 1. The summed E-state index contributed by atoms with van der Waals surface area (Å²) in [6, 6.07) is 0. The minimum Gasteiger partial charge on any atom is -0.380 e. The first kappa shape index (κ1) is 11.8. The molecule has 0 saturated heterocycles. The molecule has 2 unspecified atom stereocenters. The fourth-order valence-corrected chi connectivity index (χ4v) is 1.07. The van der Waals surface area contributed by atoms with E-state index in [4.69, 9.17) is 10.5 Å². The number of nitrogens with one attached hydrogen (secondary N) is 1. The molecule has 2 atom stereocenters. The van der Waals surface area contributed by atoms with Crippen LogP contribution in [0.4, 0.5) is 0 Å². The molecule has 3 N–H and O–H groups in total. The number of nitrogens with zero attached hydrogens (tertiary/aromatic N) is 1. The molecule has 0 saturated carbocycles. The fraction of sp³-hybridized carbons (Fsp3) is 1.00. The molecule has 0 spiro atoms. The van der Waals surface area contributed by atoms with Gasteiger partial charge >= 0.3 is 0 Å². The van der Waals surface area contributed by atoms with Crippen LogP contribution in [0.2, 0.25) is 0 Å². The van der Waals surface area contributed by atoms with Crippen LogP contribution in [0.5, 0.6) is 0 Å². The molecule has 12 heavy (non-hydrogen) atoms. The second-order valence-electron chi connectivity index (χ2n) is 3.51. The van der Waals surface area contributed by atoms with Gasteiger partial charge in [-0.2, -0.15) is 0 Å². The maximum absolute atomic E-state index is 5.66. The lowest BCUT2D eigenvalue weighted by Crippen LogP contribution is -2.60. The topological polar surface area (TPSA) is 50.5 Å². The lowest BCUT2D eigenvalue weighted by molar-refractivity contribution is 0.00971. The highest BCUT2D eigenvalue weighted by molar-refractivity contribution is 4.88. The zero-order chi connectivity index (χ0) is 9.78. The van der Waals surface area contributed by atoms with E-state index < -0.39 is 0 Å². The lowest BCUT2D eigenvalue weighted by Gasteiger charge is -2.37. The third kappa shape index (κ3) is 3.06. The molecule has 0 aromatic carbocycles. The van der Waals surface area contributed by atoms with E-state index in [2.05, 4.69) is 5.43 Å². The van der Waals surface area contributed by atoms with Gasteiger partial charge in [0.2, 0.25) is 0 Å². The van der Waals surface area contributed by atoms with Gasteiger partial charge in [-0.15, -0.1) is 0 Å². The molecule has 0 bridgehead atoms. The van der Waals surface area contributed by atoms with E-state index in [0.29, 0.717) is 6.54 Å². The average molecular weight is 175 g/mol. The molecule has 0 fully saturated rings. The Morgan fingerprint density at radius 1 is 1.58 bits per heavy atom. The smallest absolute Gasteiger partial charge is 0.0747 e. The van der Waals surface area contributed by atoms with E-state index in [9.17, 15) is 0 Å². The normalized spacial score (nSPS) is 19.2. The Balaban J connectivity index is 4.22. The Hall–Kier alpha value is -0.160. The van der Waals surface area contributed by atoms with Crippen molar-refractivity contribution in [3.05, 3.63) is 0 Å². The quantitative estimate of drug-likeness (QED) is 0.568. The third-order valence-corrected chi connectivity index (χ3v) is 2.15. The van der Waals surface area contributed by atoms with E-state index in [1.165, 1.54) is 0 Å². The van der Waals surface area contributed by atoms with Crippen molar-refractivity contribution < 1.29 is 4.74 Å². The molecule has 4 nitrogen and oxygen atoms in total. The molecule has 0 aliphatic heterocycles. The van der Waals surface area contributed by atoms with Gasteiger partial charge in [-0.1, -0.05) is 0 Å². The first-order valence-corrected chi connectivity index (χ1v) is 4.14. The van der Waals surface area contributed by atoms with Gasteiger partial charge in [0, 0.05) is 27.7 Å². The van der Waals surface area contributed by atoms with Crippen molar-refractivity contribution in [3.8, 4) is 0 Å². The minimum absolute atomic E-state index is 0.0879. The predicted octanol–water partition coefficient (Wildman–Crippen LogP) is -0.195. The van der Waals surface area contributed by atoms with Crippen LogP contribution < -0.4 is 11.2 Å². The van der Waals surface area contributed by atoms with E-state index in [1.54, 1.807) is 7.11 Å². The van der Waals surface area contributed by atoms with Gasteiger partial charge in [-0.05, 0) is 13.8 Å². The molecule has 0 radical (unpaired) electrons. The number of nitrogens with two attached hydrogens (primary N) is 1. The highest BCUT2D eigenvalue weighted by Gasteiger charge is 2.30. The lowest BCUT2D eigenvalue weighted by atomic mass is 9.97. The first-order chi connectivity index (χ1) is 5.46. The summed E-state index contributed by atoms with van der Waals surface area (Å²) in [5.41, 5.74) is 8.71. The summed E-state index contributed by atoms with van der Waals surface area (Å²) >= 11 is 0.